The topological polar surface area (TPSA) is 20.6 Å². The number of hydrogen-bond donors (Lipinski definition) is 0. The number of aromatic nitrogens is 1. The molecule has 4 nitrogen and oxygen atoms in total. The number of para-hydroxylation sites is 6. The summed E-state index contributed by atoms with van der Waals surface area (Å²) < 4.78 is 8.05. The summed E-state index contributed by atoms with van der Waals surface area (Å²) in [6.07, 6.45) is 0. The van der Waals surface area contributed by atoms with E-state index in [2.05, 4.69) is 159 Å². The minimum Gasteiger partial charge on any atom is -0.453 e. The van der Waals surface area contributed by atoms with E-state index in [0.717, 1.165) is 22.9 Å². The smallest absolute Gasteiger partial charge is 0.151 e. The molecule has 0 aliphatic carbocycles. The molecule has 4 heteroatoms. The molecule has 0 spiro atoms. The Bertz CT molecular complexity index is 1900. The van der Waals surface area contributed by atoms with Gasteiger partial charge in [-0.2, -0.15) is 0 Å². The number of ether oxygens (including phenoxy) is 1. The van der Waals surface area contributed by atoms with Gasteiger partial charge < -0.3 is 19.1 Å². The summed E-state index contributed by atoms with van der Waals surface area (Å²) in [5, 5.41) is 2.68. The van der Waals surface area contributed by atoms with Crippen LogP contribution in [0.1, 0.15) is 11.1 Å². The van der Waals surface area contributed by atoms with Crippen molar-refractivity contribution in [1.29, 1.82) is 0 Å². The van der Waals surface area contributed by atoms with Crippen LogP contribution in [-0.2, 0) is 7.05 Å². The van der Waals surface area contributed by atoms with Crippen molar-refractivity contribution in [3.8, 4) is 11.5 Å². The van der Waals surface area contributed by atoms with Crippen LogP contribution >= 0.6 is 0 Å². The van der Waals surface area contributed by atoms with Gasteiger partial charge in [0, 0.05) is 54.3 Å². The molecule has 0 unspecified atom stereocenters. The third-order valence-corrected chi connectivity index (χ3v) is 8.34. The summed E-state index contributed by atoms with van der Waals surface area (Å²) in [5.74, 6) is 1.83. The molecule has 8 rings (SSSR count). The zero-order valence-electron chi connectivity index (χ0n) is 26.6. The summed E-state index contributed by atoms with van der Waals surface area (Å²) in [6, 6.07) is 50.3. The van der Waals surface area contributed by atoms with Gasteiger partial charge in [0.1, 0.15) is 0 Å². The lowest BCUT2D eigenvalue weighted by Crippen LogP contribution is -2.15. The Morgan fingerprint density at radius 2 is 0.844 bits per heavy atom. The molecule has 0 saturated heterocycles. The normalized spacial score (nSPS) is 11.4. The van der Waals surface area contributed by atoms with E-state index in [1.165, 1.54) is 44.3 Å². The molecule has 1 aromatic heterocycles. The molecule has 1 aliphatic heterocycles. The Hall–Kier alpha value is -5.48. The molecule has 0 atom stereocenters. The maximum Gasteiger partial charge on any atom is 0.151 e. The highest BCUT2D eigenvalue weighted by Crippen LogP contribution is 2.45. The first-order valence-corrected chi connectivity index (χ1v) is 15.3. The van der Waals surface area contributed by atoms with Gasteiger partial charge >= 0.3 is 0 Å². The Kier molecular flexibility index (Phi) is 8.56. The predicted octanol–water partition coefficient (Wildman–Crippen LogP) is 11.0. The minimum absolute atomic E-state index is 0.915. The van der Waals surface area contributed by atoms with Gasteiger partial charge in [-0.05, 0) is 74.5 Å². The summed E-state index contributed by atoms with van der Waals surface area (Å²) in [5.41, 5.74) is 9.83. The monoisotopic (exact) mass is 589 g/mol. The van der Waals surface area contributed by atoms with Gasteiger partial charge in [-0.3, -0.25) is 0 Å². The maximum absolute atomic E-state index is 5.81. The maximum atomic E-state index is 5.81. The molecule has 0 N–H and O–H groups in total. The molecular formula is C41H39N3O. The average molecular weight is 590 g/mol. The number of fused-ring (bicyclic) bond motifs is 5. The van der Waals surface area contributed by atoms with Crippen molar-refractivity contribution in [3.63, 3.8) is 0 Å². The fourth-order valence-corrected chi connectivity index (χ4v) is 5.69. The molecule has 0 amide bonds. The first-order chi connectivity index (χ1) is 21.9. The Morgan fingerprint density at radius 1 is 0.467 bits per heavy atom. The summed E-state index contributed by atoms with van der Waals surface area (Å²) in [6.45, 7) is 4.21. The van der Waals surface area contributed by atoms with E-state index in [1.54, 1.807) is 0 Å². The zero-order valence-corrected chi connectivity index (χ0v) is 26.6. The van der Waals surface area contributed by atoms with E-state index in [0.29, 0.717) is 0 Å². The SMILES string of the molecule is CN1c2ccccc2Oc2ccccc21.Cc1ccc(N(C)c2ccc(C)cc2)cc1.Cn1c2ccccc2c2ccccc21. The van der Waals surface area contributed by atoms with E-state index in [-0.39, 0.29) is 0 Å². The van der Waals surface area contributed by atoms with Gasteiger partial charge in [0.05, 0.1) is 11.4 Å². The minimum atomic E-state index is 0.915. The third-order valence-electron chi connectivity index (χ3n) is 8.34. The summed E-state index contributed by atoms with van der Waals surface area (Å²) in [7, 11) is 6.26. The second-order valence-electron chi connectivity index (χ2n) is 11.4. The van der Waals surface area contributed by atoms with Gasteiger partial charge in [-0.25, -0.2) is 0 Å². The predicted molar refractivity (Wildman–Crippen MR) is 192 cm³/mol. The summed E-state index contributed by atoms with van der Waals surface area (Å²) >= 11 is 0. The van der Waals surface area contributed by atoms with Gasteiger partial charge in [0.15, 0.2) is 11.5 Å². The first-order valence-electron chi connectivity index (χ1n) is 15.3. The van der Waals surface area contributed by atoms with Crippen LogP contribution in [0, 0.1) is 13.8 Å². The van der Waals surface area contributed by atoms with Crippen molar-refractivity contribution in [1.82, 2.24) is 4.57 Å². The Morgan fingerprint density at radius 3 is 1.29 bits per heavy atom. The van der Waals surface area contributed by atoms with Crippen LogP contribution in [0.25, 0.3) is 21.8 Å². The quantitative estimate of drug-likeness (QED) is 0.200. The number of hydrogen-bond acceptors (Lipinski definition) is 3. The average Bonchev–Trinajstić information content (AvgIpc) is 3.38. The lowest BCUT2D eigenvalue weighted by molar-refractivity contribution is 0.475. The number of nitrogens with zero attached hydrogens (tertiary/aromatic N) is 3. The van der Waals surface area contributed by atoms with Crippen LogP contribution < -0.4 is 14.5 Å². The molecule has 0 fully saturated rings. The Balaban J connectivity index is 0.000000119. The largest absolute Gasteiger partial charge is 0.453 e. The Labute approximate surface area is 266 Å². The molecule has 7 aromatic rings. The van der Waals surface area contributed by atoms with Crippen molar-refractivity contribution >= 4 is 44.6 Å². The van der Waals surface area contributed by atoms with E-state index in [9.17, 15) is 0 Å². The zero-order chi connectivity index (χ0) is 31.3. The van der Waals surface area contributed by atoms with E-state index in [1.807, 2.05) is 36.4 Å². The molecule has 0 saturated carbocycles. The highest BCUT2D eigenvalue weighted by Gasteiger charge is 2.19. The highest BCUT2D eigenvalue weighted by molar-refractivity contribution is 6.07. The highest BCUT2D eigenvalue weighted by atomic mass is 16.5. The van der Waals surface area contributed by atoms with E-state index in [4.69, 9.17) is 4.74 Å². The fraction of sp³-hybridized carbons (Fsp3) is 0.122. The van der Waals surface area contributed by atoms with Crippen molar-refractivity contribution in [2.75, 3.05) is 23.9 Å². The van der Waals surface area contributed by atoms with Gasteiger partial charge in [-0.15, -0.1) is 0 Å². The second-order valence-corrected chi connectivity index (χ2v) is 11.4. The van der Waals surface area contributed by atoms with Crippen molar-refractivity contribution in [3.05, 3.63) is 157 Å². The van der Waals surface area contributed by atoms with E-state index < -0.39 is 0 Å². The van der Waals surface area contributed by atoms with Crippen molar-refractivity contribution < 1.29 is 4.74 Å². The summed E-state index contributed by atoms with van der Waals surface area (Å²) in [4.78, 5) is 4.34. The van der Waals surface area contributed by atoms with Crippen LogP contribution in [0.3, 0.4) is 0 Å². The van der Waals surface area contributed by atoms with Gasteiger partial charge in [-0.1, -0.05) is 96.1 Å². The van der Waals surface area contributed by atoms with Crippen molar-refractivity contribution in [2.45, 2.75) is 13.8 Å². The molecular weight excluding hydrogens is 550 g/mol. The molecule has 0 bridgehead atoms. The third kappa shape index (κ3) is 6.27. The van der Waals surface area contributed by atoms with Crippen LogP contribution in [0.15, 0.2) is 146 Å². The number of rotatable bonds is 2. The number of anilines is 4. The van der Waals surface area contributed by atoms with Crippen LogP contribution in [0.5, 0.6) is 11.5 Å². The van der Waals surface area contributed by atoms with E-state index >= 15 is 0 Å². The van der Waals surface area contributed by atoms with Gasteiger partial charge in [0.25, 0.3) is 0 Å². The lowest BCUT2D eigenvalue weighted by Gasteiger charge is -2.29. The number of benzene rings is 6. The van der Waals surface area contributed by atoms with Crippen LogP contribution in [0.4, 0.5) is 22.7 Å². The standard InChI is InChI=1S/C15H17N.C13H11NO.C13H11N/c1-12-4-8-14(9-5-12)16(3)15-10-6-13(2)7-11-15;1-14-10-6-2-4-8-12(10)15-13-9-5-3-7-11(13)14;1-14-12-8-4-2-6-10(12)11-7-3-5-9-13(11)14/h4-11H,1-3H3;2-9H,1H3;2-9H,1H3. The van der Waals surface area contributed by atoms with Crippen LogP contribution in [-0.4, -0.2) is 18.7 Å². The molecule has 6 aromatic carbocycles. The lowest BCUT2D eigenvalue weighted by atomic mass is 10.2. The molecule has 45 heavy (non-hydrogen) atoms. The molecule has 2 heterocycles. The molecule has 224 valence electrons. The molecule has 0 radical (unpaired) electrons. The van der Waals surface area contributed by atoms with Crippen molar-refractivity contribution in [2.24, 2.45) is 7.05 Å². The number of aryl methyl sites for hydroxylation is 3. The van der Waals surface area contributed by atoms with Crippen LogP contribution in [0.2, 0.25) is 0 Å². The second kappa shape index (κ2) is 13.0. The fourth-order valence-electron chi connectivity index (χ4n) is 5.69. The first kappa shape index (κ1) is 29.6. The van der Waals surface area contributed by atoms with Gasteiger partial charge in [0.2, 0.25) is 0 Å². The molecule has 1 aliphatic rings.